The summed E-state index contributed by atoms with van der Waals surface area (Å²) in [6.07, 6.45) is 1.58. The first kappa shape index (κ1) is 14.9. The van der Waals surface area contributed by atoms with Crippen molar-refractivity contribution in [3.63, 3.8) is 0 Å². The van der Waals surface area contributed by atoms with E-state index in [9.17, 15) is 9.59 Å². The van der Waals surface area contributed by atoms with Crippen molar-refractivity contribution in [2.45, 2.75) is 6.54 Å². The van der Waals surface area contributed by atoms with Gasteiger partial charge in [-0.25, -0.2) is 4.79 Å². The Hall–Kier alpha value is -2.48. The fourth-order valence-corrected chi connectivity index (χ4v) is 1.99. The van der Waals surface area contributed by atoms with Crippen LogP contribution >= 0.6 is 12.4 Å². The molecule has 2 N–H and O–H groups in total. The number of anilines is 1. The largest absolute Gasteiger partial charge is 0.467 e. The summed E-state index contributed by atoms with van der Waals surface area (Å²) in [4.78, 5) is 30.9. The number of hydrogen-bond acceptors (Lipinski definition) is 5. The van der Waals surface area contributed by atoms with E-state index in [2.05, 4.69) is 15.3 Å². The number of aromatic nitrogens is 4. The van der Waals surface area contributed by atoms with Crippen LogP contribution in [0.3, 0.4) is 0 Å². The fourth-order valence-electron chi connectivity index (χ4n) is 1.99. The molecule has 0 unspecified atom stereocenters. The highest BCUT2D eigenvalue weighted by atomic mass is 35.5. The van der Waals surface area contributed by atoms with Crippen molar-refractivity contribution in [3.8, 4) is 0 Å². The standard InChI is InChI=1S/C12H13N5O3.ClH/c1-16-9-8(10(18)17(2)12(16)19)14-11(15-9)13-6-7-4-3-5-20-7;/h3-5H,6H2,1-2H3,(H2,13,14,15);1H. The van der Waals surface area contributed by atoms with Gasteiger partial charge in [0.25, 0.3) is 5.56 Å². The molecule has 0 atom stereocenters. The zero-order valence-corrected chi connectivity index (χ0v) is 12.2. The maximum Gasteiger partial charge on any atom is 0.332 e. The van der Waals surface area contributed by atoms with Gasteiger partial charge in [0, 0.05) is 14.1 Å². The number of aryl methyl sites for hydroxylation is 1. The summed E-state index contributed by atoms with van der Waals surface area (Å²) in [7, 11) is 3.00. The van der Waals surface area contributed by atoms with Crippen LogP contribution in [0.4, 0.5) is 5.95 Å². The fraction of sp³-hybridized carbons (Fsp3) is 0.250. The first-order chi connectivity index (χ1) is 9.58. The van der Waals surface area contributed by atoms with Gasteiger partial charge in [0.05, 0.1) is 12.8 Å². The average molecular weight is 312 g/mol. The molecule has 0 saturated carbocycles. The molecular weight excluding hydrogens is 298 g/mol. The van der Waals surface area contributed by atoms with Crippen molar-refractivity contribution in [2.24, 2.45) is 14.1 Å². The van der Waals surface area contributed by atoms with Gasteiger partial charge in [-0.15, -0.1) is 12.4 Å². The summed E-state index contributed by atoms with van der Waals surface area (Å²) in [5, 5.41) is 3.01. The molecule has 3 aromatic heterocycles. The minimum atomic E-state index is -0.411. The van der Waals surface area contributed by atoms with Crippen LogP contribution in [0.25, 0.3) is 11.2 Å². The second kappa shape index (κ2) is 5.49. The van der Waals surface area contributed by atoms with Crippen LogP contribution in [-0.2, 0) is 20.6 Å². The quantitative estimate of drug-likeness (QED) is 0.737. The highest BCUT2D eigenvalue weighted by Gasteiger charge is 2.13. The van der Waals surface area contributed by atoms with Crippen molar-refractivity contribution in [1.29, 1.82) is 0 Å². The summed E-state index contributed by atoms with van der Waals surface area (Å²) >= 11 is 0. The molecule has 0 spiro atoms. The Morgan fingerprint density at radius 3 is 2.76 bits per heavy atom. The van der Waals surface area contributed by atoms with E-state index >= 15 is 0 Å². The smallest absolute Gasteiger partial charge is 0.332 e. The zero-order valence-electron chi connectivity index (χ0n) is 11.4. The van der Waals surface area contributed by atoms with Gasteiger partial charge < -0.3 is 14.7 Å². The van der Waals surface area contributed by atoms with Gasteiger partial charge in [-0.1, -0.05) is 0 Å². The van der Waals surface area contributed by atoms with Crippen molar-refractivity contribution < 1.29 is 4.42 Å². The second-order valence-corrected chi connectivity index (χ2v) is 4.42. The van der Waals surface area contributed by atoms with Crippen LogP contribution < -0.4 is 16.6 Å². The first-order valence-corrected chi connectivity index (χ1v) is 6.00. The Labute approximate surface area is 124 Å². The van der Waals surface area contributed by atoms with Crippen LogP contribution in [0.2, 0.25) is 0 Å². The number of imidazole rings is 1. The summed E-state index contributed by atoms with van der Waals surface area (Å²) in [5.41, 5.74) is -0.204. The number of halogens is 1. The summed E-state index contributed by atoms with van der Waals surface area (Å²) in [5.74, 6) is 1.15. The molecule has 0 aliphatic heterocycles. The molecule has 0 aliphatic rings. The molecule has 3 aromatic rings. The molecule has 112 valence electrons. The van der Waals surface area contributed by atoms with Gasteiger partial charge in [-0.3, -0.25) is 13.9 Å². The highest BCUT2D eigenvalue weighted by Crippen LogP contribution is 2.10. The predicted octanol–water partition coefficient (Wildman–Crippen LogP) is 0.587. The van der Waals surface area contributed by atoms with Gasteiger partial charge in [-0.2, -0.15) is 4.98 Å². The topological polar surface area (TPSA) is 97.8 Å². The van der Waals surface area contributed by atoms with E-state index in [-0.39, 0.29) is 17.9 Å². The molecule has 0 fully saturated rings. The summed E-state index contributed by atoms with van der Waals surface area (Å²) in [6.45, 7) is 0.432. The Bertz CT molecular complexity index is 875. The number of nitrogens with zero attached hydrogens (tertiary/aromatic N) is 3. The van der Waals surface area contributed by atoms with Crippen LogP contribution in [0.15, 0.2) is 32.4 Å². The number of hydrogen-bond donors (Lipinski definition) is 2. The van der Waals surface area contributed by atoms with Crippen molar-refractivity contribution in [3.05, 3.63) is 45.0 Å². The summed E-state index contributed by atoms with van der Waals surface area (Å²) < 4.78 is 7.55. The molecule has 0 bridgehead atoms. The normalized spacial score (nSPS) is 10.6. The molecule has 9 heteroatoms. The number of nitrogens with one attached hydrogen (secondary N) is 2. The van der Waals surface area contributed by atoms with Crippen LogP contribution in [-0.4, -0.2) is 19.1 Å². The van der Waals surface area contributed by atoms with Crippen molar-refractivity contribution in [1.82, 2.24) is 19.1 Å². The molecular formula is C12H14ClN5O3. The molecule has 0 radical (unpaired) electrons. The third-order valence-electron chi connectivity index (χ3n) is 3.10. The zero-order chi connectivity index (χ0) is 14.3. The number of furan rings is 1. The Morgan fingerprint density at radius 2 is 2.10 bits per heavy atom. The number of aromatic amines is 1. The Kier molecular flexibility index (Phi) is 3.90. The minimum absolute atomic E-state index is 0. The number of H-pyrrole nitrogens is 1. The number of rotatable bonds is 3. The van der Waals surface area contributed by atoms with Crippen molar-refractivity contribution >= 4 is 29.5 Å². The van der Waals surface area contributed by atoms with Gasteiger partial charge in [0.2, 0.25) is 5.95 Å². The van der Waals surface area contributed by atoms with Crippen LogP contribution in [0.5, 0.6) is 0 Å². The van der Waals surface area contributed by atoms with E-state index in [1.54, 1.807) is 19.4 Å². The van der Waals surface area contributed by atoms with E-state index in [0.29, 0.717) is 18.1 Å². The van der Waals surface area contributed by atoms with E-state index in [1.807, 2.05) is 6.07 Å². The minimum Gasteiger partial charge on any atom is -0.467 e. The SMILES string of the molecule is Cl.Cn1c(=O)c2[nH]c(NCc3ccco3)nc2n(C)c1=O. The molecule has 3 heterocycles. The van der Waals surface area contributed by atoms with Crippen LogP contribution in [0.1, 0.15) is 5.76 Å². The third-order valence-corrected chi connectivity index (χ3v) is 3.10. The number of fused-ring (bicyclic) bond motifs is 1. The highest BCUT2D eigenvalue weighted by molar-refractivity contribution is 5.85. The van der Waals surface area contributed by atoms with Gasteiger partial charge in [0.1, 0.15) is 5.76 Å². The lowest BCUT2D eigenvalue weighted by molar-refractivity contribution is 0.517. The van der Waals surface area contributed by atoms with E-state index in [4.69, 9.17) is 4.42 Å². The van der Waals surface area contributed by atoms with Gasteiger partial charge in [-0.05, 0) is 12.1 Å². The lowest BCUT2D eigenvalue weighted by Crippen LogP contribution is -2.36. The Balaban J connectivity index is 0.00000161. The van der Waals surface area contributed by atoms with E-state index < -0.39 is 11.2 Å². The molecule has 0 saturated heterocycles. The van der Waals surface area contributed by atoms with E-state index in [1.165, 1.54) is 11.6 Å². The van der Waals surface area contributed by atoms with Crippen LogP contribution in [0, 0.1) is 0 Å². The van der Waals surface area contributed by atoms with Crippen molar-refractivity contribution in [2.75, 3.05) is 5.32 Å². The molecule has 0 aliphatic carbocycles. The Morgan fingerprint density at radius 1 is 1.33 bits per heavy atom. The van der Waals surface area contributed by atoms with Gasteiger partial charge in [0.15, 0.2) is 11.2 Å². The predicted molar refractivity (Wildman–Crippen MR) is 79.9 cm³/mol. The lowest BCUT2D eigenvalue weighted by Gasteiger charge is -2.00. The second-order valence-electron chi connectivity index (χ2n) is 4.42. The van der Waals surface area contributed by atoms with E-state index in [0.717, 1.165) is 10.3 Å². The molecule has 0 aromatic carbocycles. The maximum atomic E-state index is 12.0. The maximum absolute atomic E-state index is 12.0. The monoisotopic (exact) mass is 311 g/mol. The first-order valence-electron chi connectivity index (χ1n) is 6.00. The lowest BCUT2D eigenvalue weighted by atomic mass is 10.4. The average Bonchev–Trinajstić information content (AvgIpc) is 3.09. The molecule has 21 heavy (non-hydrogen) atoms. The third kappa shape index (κ3) is 2.45. The summed E-state index contributed by atoms with van der Waals surface area (Å²) in [6, 6.07) is 3.61. The molecule has 8 nitrogen and oxygen atoms in total. The molecule has 0 amide bonds. The van der Waals surface area contributed by atoms with Gasteiger partial charge >= 0.3 is 5.69 Å². The molecule has 3 rings (SSSR count).